The molecule has 0 amide bonds. The third-order valence-electron chi connectivity index (χ3n) is 22.1. The van der Waals surface area contributed by atoms with Crippen LogP contribution in [0.2, 0.25) is 0 Å². The van der Waals surface area contributed by atoms with E-state index in [9.17, 15) is 0 Å². The van der Waals surface area contributed by atoms with Crippen molar-refractivity contribution >= 4 is 5.82 Å². The van der Waals surface area contributed by atoms with Gasteiger partial charge in [-0.05, 0) is 178 Å². The van der Waals surface area contributed by atoms with Crippen LogP contribution in [0.3, 0.4) is 0 Å². The van der Waals surface area contributed by atoms with E-state index in [0.29, 0.717) is 35.1 Å². The number of hydrogen-bond donors (Lipinski definition) is 0. The van der Waals surface area contributed by atoms with Gasteiger partial charge in [-0.3, -0.25) is 70.5 Å². The number of rotatable bonds is 20. The standard InChI is InChI=1S/C31H24N6.C27H32N6.C25H28N6.C21H14N8.4Pt/c1-31(2,27-15-9-17-29(32-27)36-21-19-25(34-36)23-11-5-3-6-12-23)28-16-10-18-30(33-28)37-22-20-26(35-37)24-13-7-4-8-14-24;1-25(2,3)19-15-17-32(30-19)23-13-9-11-21(28-23)27(7,8)22-12-10-14-24(29-22)33-18-16-20(31-33)26(4,5)6;1-17(2)19-13-15-30(28-19)23-11-7-9-21(26-23)25(5,6)22-10-8-12-24(27-22)31-16-14-20(29-31)18(3)4;1-21(2,16-6-4-8-19(24-16)28-12-10-15(14-22)26-28)17-7-5-9-20(25-17)29-13-11-18(23-3)27-29;;;;/h3-20H,1-2H3;9-16H,1-8H3;7-14,17-18H,1-6H3;4-11H,1-2H3;;;;/q4*-2;4*+2. The molecule has 0 saturated heterocycles. The molecule has 0 unspecified atom stereocenters. The fourth-order valence-electron chi connectivity index (χ4n) is 13.8. The van der Waals surface area contributed by atoms with E-state index in [1.807, 2.05) is 257 Å². The molecule has 0 aliphatic carbocycles. The molecule has 16 aromatic heterocycles. The van der Waals surface area contributed by atoms with Gasteiger partial charge < -0.3 is 37.6 Å². The van der Waals surface area contributed by atoms with Gasteiger partial charge in [-0.1, -0.05) is 288 Å². The van der Waals surface area contributed by atoms with Crippen LogP contribution in [0.1, 0.15) is 210 Å². The molecule has 0 aliphatic heterocycles. The molecular weight excluding hydrogens is 2390 g/mol. The maximum atomic E-state index is 8.97. The van der Waals surface area contributed by atoms with Crippen molar-refractivity contribution in [3.05, 3.63) is 390 Å². The van der Waals surface area contributed by atoms with Crippen LogP contribution in [0.4, 0.5) is 5.82 Å². The van der Waals surface area contributed by atoms with Gasteiger partial charge in [-0.15, -0.1) is 42.5 Å². The van der Waals surface area contributed by atoms with Crippen molar-refractivity contribution in [3.8, 4) is 75.1 Å². The second-order valence-corrected chi connectivity index (χ2v) is 35.9. The zero-order chi connectivity index (χ0) is 91.9. The monoisotopic (exact) mass is 2490 g/mol. The smallest absolute Gasteiger partial charge is 0.343 e. The van der Waals surface area contributed by atoms with Crippen molar-refractivity contribution in [3.63, 3.8) is 0 Å². The van der Waals surface area contributed by atoms with Crippen molar-refractivity contribution in [2.75, 3.05) is 0 Å². The summed E-state index contributed by atoms with van der Waals surface area (Å²) < 4.78 is 13.2. The zero-order valence-electron chi connectivity index (χ0n) is 77.3. The van der Waals surface area contributed by atoms with Crippen molar-refractivity contribution in [1.82, 2.24) is 118 Å². The number of nitriles is 1. The molecule has 0 bridgehead atoms. The van der Waals surface area contributed by atoms with Crippen LogP contribution in [0.15, 0.2) is 255 Å². The summed E-state index contributed by atoms with van der Waals surface area (Å²) in [4.78, 5) is 42.2. The topological polar surface area (TPSA) is 274 Å². The Kier molecular flexibility index (Phi) is 32.6. The third kappa shape index (κ3) is 23.3. The van der Waals surface area contributed by atoms with E-state index in [-0.39, 0.29) is 107 Å². The minimum Gasteiger partial charge on any atom is -0.343 e. The minimum absolute atomic E-state index is 0. The van der Waals surface area contributed by atoms with Gasteiger partial charge in [0.1, 0.15) is 0 Å². The molecule has 0 N–H and O–H groups in total. The van der Waals surface area contributed by atoms with Gasteiger partial charge in [0.2, 0.25) is 0 Å². The predicted octanol–water partition coefficient (Wildman–Crippen LogP) is 19.7. The van der Waals surface area contributed by atoms with Crippen LogP contribution >= 0.6 is 0 Å². The van der Waals surface area contributed by atoms with E-state index in [1.165, 1.54) is 21.5 Å². The minimum atomic E-state index is -0.521. The molecule has 0 aliphatic rings. The average molecular weight is 2490 g/mol. The third-order valence-corrected chi connectivity index (χ3v) is 22.1. The molecular formula is C104H98N26Pt4. The van der Waals surface area contributed by atoms with Crippen LogP contribution in [0.5, 0.6) is 0 Å². The summed E-state index contributed by atoms with van der Waals surface area (Å²) in [5.41, 5.74) is 13.1. The van der Waals surface area contributed by atoms with Gasteiger partial charge in [-0.2, -0.15) is 0 Å². The summed E-state index contributed by atoms with van der Waals surface area (Å²) in [5, 5.41) is 45.3. The quantitative estimate of drug-likeness (QED) is 0.0641. The second kappa shape index (κ2) is 42.9. The fraction of sp³-hybridized carbons (Fsp3) is 0.250. The van der Waals surface area contributed by atoms with Crippen molar-refractivity contribution in [1.29, 1.82) is 5.26 Å². The predicted molar refractivity (Wildman–Crippen MR) is 497 cm³/mol. The summed E-state index contributed by atoms with van der Waals surface area (Å²) in [7, 11) is 0. The Morgan fingerprint density at radius 1 is 0.269 bits per heavy atom. The Hall–Kier alpha value is -12.9. The first kappa shape index (κ1) is 102. The molecule has 18 aromatic rings. The van der Waals surface area contributed by atoms with E-state index in [4.69, 9.17) is 72.1 Å². The first-order chi connectivity index (χ1) is 62.2. The SMILES string of the molecule is CC(C)(C)c1c[c-]n(-c2cccc(C(C)(C)c3cccc(-n4[c-]cc(C(C)(C)C)n4)n3)n2)n1.CC(C)(c1cccc(-n2[c-]cc(-c3ccccc3)n2)n1)c1cccc(-n2[c-]cc(-c3ccccc3)n2)n1.CC(C)c1c[c-]n(-c2cccc(C(C)(C)c3cccc(-n4[c-]cc(C(C)C)n4)n3)n2)n1.[C-]#[N+]c1c[c-]n(-c2cccc(C(C)(C)c3cccc(-n4[c-]cc(C#N)n4)n3)n2)n1.[Pt+2].[Pt+2].[Pt+2].[Pt+2]. The maximum Gasteiger partial charge on any atom is 2.00 e. The van der Waals surface area contributed by atoms with Crippen molar-refractivity contribution in [2.45, 2.75) is 169 Å². The Morgan fingerprint density at radius 2 is 0.507 bits per heavy atom. The van der Waals surface area contributed by atoms with Crippen LogP contribution in [-0.2, 0) is 117 Å². The number of pyridine rings is 8. The normalized spacial score (nSPS) is 11.5. The summed E-state index contributed by atoms with van der Waals surface area (Å²) in [6.07, 6.45) is 24.9. The first-order valence-electron chi connectivity index (χ1n) is 42.7. The average Bonchev–Trinajstić information content (AvgIpc) is 1.41. The molecule has 684 valence electrons. The molecule has 0 fully saturated rings. The molecule has 134 heavy (non-hydrogen) atoms. The van der Waals surface area contributed by atoms with Crippen LogP contribution < -0.4 is 0 Å². The molecule has 30 heteroatoms. The Bertz CT molecular complexity index is 6640. The molecule has 26 nitrogen and oxygen atoms in total. The van der Waals surface area contributed by atoms with Gasteiger partial charge in [0, 0.05) is 67.2 Å². The van der Waals surface area contributed by atoms with E-state index < -0.39 is 21.7 Å². The summed E-state index contributed by atoms with van der Waals surface area (Å²) in [6.45, 7) is 45.2. The van der Waals surface area contributed by atoms with Gasteiger partial charge in [0.25, 0.3) is 0 Å². The Labute approximate surface area is 840 Å². The van der Waals surface area contributed by atoms with Crippen molar-refractivity contribution < 1.29 is 84.3 Å². The summed E-state index contributed by atoms with van der Waals surface area (Å²) in [5.74, 6) is 6.47. The summed E-state index contributed by atoms with van der Waals surface area (Å²) >= 11 is 0. The number of nitrogens with zero attached hydrogens (tertiary/aromatic N) is 26. The zero-order valence-corrected chi connectivity index (χ0v) is 86.4. The van der Waals surface area contributed by atoms with Gasteiger partial charge in [-0.25, -0.2) is 15.0 Å². The van der Waals surface area contributed by atoms with Crippen molar-refractivity contribution in [2.24, 2.45) is 0 Å². The number of benzene rings is 2. The van der Waals surface area contributed by atoms with Crippen LogP contribution in [-0.4, -0.2) is 118 Å². The van der Waals surface area contributed by atoms with E-state index in [2.05, 4.69) is 186 Å². The van der Waals surface area contributed by atoms with E-state index in [0.717, 1.165) is 114 Å². The molecule has 16 heterocycles. The maximum absolute atomic E-state index is 8.97. The Balaban J connectivity index is 0.000000171. The first-order valence-corrected chi connectivity index (χ1v) is 42.7. The molecule has 0 spiro atoms. The van der Waals surface area contributed by atoms with Gasteiger partial charge in [0.05, 0.1) is 58.3 Å². The largest absolute Gasteiger partial charge is 2.00 e. The molecule has 2 aromatic carbocycles. The molecule has 18 rings (SSSR count). The fourth-order valence-corrected chi connectivity index (χ4v) is 13.8. The number of aromatic nitrogens is 24. The molecule has 0 saturated carbocycles. The number of hydrogen-bond acceptors (Lipinski definition) is 17. The Morgan fingerprint density at radius 3 is 0.746 bits per heavy atom. The van der Waals surface area contributed by atoms with E-state index in [1.54, 1.807) is 34.2 Å². The summed E-state index contributed by atoms with van der Waals surface area (Å²) in [6, 6.07) is 83.7. The van der Waals surface area contributed by atoms with Gasteiger partial charge in [0.15, 0.2) is 0 Å². The van der Waals surface area contributed by atoms with Crippen LogP contribution in [0, 0.1) is 67.5 Å². The molecule has 0 radical (unpaired) electrons. The van der Waals surface area contributed by atoms with Crippen LogP contribution in [0.25, 0.3) is 73.9 Å². The second-order valence-electron chi connectivity index (χ2n) is 35.9. The molecule has 0 atom stereocenters. The van der Waals surface area contributed by atoms with E-state index >= 15 is 0 Å². The van der Waals surface area contributed by atoms with Gasteiger partial charge >= 0.3 is 90.1 Å².